The van der Waals surface area contributed by atoms with Crippen molar-refractivity contribution in [2.75, 3.05) is 4.90 Å². The van der Waals surface area contributed by atoms with Crippen molar-refractivity contribution >= 4 is 57.1 Å². The zero-order valence-electron chi connectivity index (χ0n) is 16.7. The predicted octanol–water partition coefficient (Wildman–Crippen LogP) is 5.25. The third kappa shape index (κ3) is 4.42. The summed E-state index contributed by atoms with van der Waals surface area (Å²) in [5.41, 5.74) is 1.33. The molecule has 0 spiro atoms. The number of carbonyl (C=O) groups excluding carboxylic acids is 3. The van der Waals surface area contributed by atoms with E-state index >= 15 is 0 Å². The Hall–Kier alpha value is -2.64. The molecule has 0 aromatic heterocycles. The van der Waals surface area contributed by atoms with E-state index in [-0.39, 0.29) is 11.7 Å². The van der Waals surface area contributed by atoms with Gasteiger partial charge in [0, 0.05) is 5.02 Å². The molecule has 0 saturated carbocycles. The standard InChI is InChI=1S/C22H20BrClN2O4/c1-4-12(2)30-19-9-8-14(11-16(19)23)10-15-20(27)25-22(29)26(21(15)28)18-7-5-6-17(24)13(18)3/h5-12H,4H2,1-3H3,(H,25,27,29)/b15-10+/t12-/m0/s1. The normalized spacial score (nSPS) is 16.6. The number of rotatable bonds is 5. The topological polar surface area (TPSA) is 75.7 Å². The number of imide groups is 2. The molecule has 1 aliphatic heterocycles. The Kier molecular flexibility index (Phi) is 6.63. The quantitative estimate of drug-likeness (QED) is 0.457. The summed E-state index contributed by atoms with van der Waals surface area (Å²) in [4.78, 5) is 38.7. The maximum Gasteiger partial charge on any atom is 0.335 e. The van der Waals surface area contributed by atoms with E-state index in [4.69, 9.17) is 16.3 Å². The Morgan fingerprint density at radius 2 is 1.97 bits per heavy atom. The van der Waals surface area contributed by atoms with Gasteiger partial charge in [0.2, 0.25) is 0 Å². The molecule has 8 heteroatoms. The van der Waals surface area contributed by atoms with Gasteiger partial charge in [0.25, 0.3) is 11.8 Å². The lowest BCUT2D eigenvalue weighted by Crippen LogP contribution is -2.54. The Labute approximate surface area is 188 Å². The Bertz CT molecular complexity index is 1070. The minimum atomic E-state index is -0.814. The number of urea groups is 1. The zero-order valence-corrected chi connectivity index (χ0v) is 19.0. The lowest BCUT2D eigenvalue weighted by atomic mass is 10.1. The van der Waals surface area contributed by atoms with Gasteiger partial charge in [0.15, 0.2) is 0 Å². The second kappa shape index (κ2) is 9.02. The summed E-state index contributed by atoms with van der Waals surface area (Å²) in [6.07, 6.45) is 2.35. The van der Waals surface area contributed by atoms with Crippen molar-refractivity contribution in [3.63, 3.8) is 0 Å². The van der Waals surface area contributed by atoms with Crippen LogP contribution < -0.4 is 15.0 Å². The van der Waals surface area contributed by atoms with Crippen LogP contribution in [0, 0.1) is 6.92 Å². The number of halogens is 2. The first-order chi connectivity index (χ1) is 14.2. The highest BCUT2D eigenvalue weighted by Crippen LogP contribution is 2.31. The molecule has 4 amide bonds. The van der Waals surface area contributed by atoms with Gasteiger partial charge < -0.3 is 4.74 Å². The van der Waals surface area contributed by atoms with Crippen LogP contribution >= 0.6 is 27.5 Å². The average Bonchev–Trinajstić information content (AvgIpc) is 2.70. The van der Waals surface area contributed by atoms with E-state index in [1.165, 1.54) is 6.08 Å². The van der Waals surface area contributed by atoms with Gasteiger partial charge in [-0.25, -0.2) is 9.69 Å². The fraction of sp³-hybridized carbons (Fsp3) is 0.227. The number of hydrogen-bond donors (Lipinski definition) is 1. The van der Waals surface area contributed by atoms with Gasteiger partial charge in [0.1, 0.15) is 11.3 Å². The molecule has 30 heavy (non-hydrogen) atoms. The molecule has 1 saturated heterocycles. The molecule has 6 nitrogen and oxygen atoms in total. The Morgan fingerprint density at radius 3 is 2.63 bits per heavy atom. The first-order valence-electron chi connectivity index (χ1n) is 9.35. The van der Waals surface area contributed by atoms with Crippen molar-refractivity contribution in [3.8, 4) is 5.75 Å². The zero-order chi connectivity index (χ0) is 22.0. The Balaban J connectivity index is 1.97. The number of anilines is 1. The highest BCUT2D eigenvalue weighted by atomic mass is 79.9. The molecular formula is C22H20BrClN2O4. The molecule has 2 aromatic carbocycles. The number of amides is 4. The van der Waals surface area contributed by atoms with Crippen molar-refractivity contribution in [2.24, 2.45) is 0 Å². The molecule has 3 rings (SSSR count). The molecule has 2 aromatic rings. The van der Waals surface area contributed by atoms with Crippen molar-refractivity contribution in [1.82, 2.24) is 5.32 Å². The van der Waals surface area contributed by atoms with Crippen LogP contribution in [0.25, 0.3) is 6.08 Å². The van der Waals surface area contributed by atoms with Crippen LogP contribution in [0.15, 0.2) is 46.4 Å². The van der Waals surface area contributed by atoms with Crippen LogP contribution in [0.2, 0.25) is 5.02 Å². The summed E-state index contributed by atoms with van der Waals surface area (Å²) in [5, 5.41) is 2.63. The first kappa shape index (κ1) is 22.1. The Morgan fingerprint density at radius 1 is 1.23 bits per heavy atom. The second-order valence-corrected chi connectivity index (χ2v) is 8.13. The van der Waals surface area contributed by atoms with Gasteiger partial charge in [0.05, 0.1) is 16.3 Å². The number of nitrogens with zero attached hydrogens (tertiary/aromatic N) is 1. The van der Waals surface area contributed by atoms with Gasteiger partial charge in [-0.15, -0.1) is 0 Å². The van der Waals surface area contributed by atoms with Gasteiger partial charge in [-0.2, -0.15) is 0 Å². The lowest BCUT2D eigenvalue weighted by Gasteiger charge is -2.27. The van der Waals surface area contributed by atoms with E-state index in [0.717, 1.165) is 11.3 Å². The largest absolute Gasteiger partial charge is 0.490 e. The van der Waals surface area contributed by atoms with E-state index in [0.29, 0.717) is 32.1 Å². The molecule has 1 aliphatic rings. The minimum absolute atomic E-state index is 0.0525. The highest BCUT2D eigenvalue weighted by Gasteiger charge is 2.37. The highest BCUT2D eigenvalue weighted by molar-refractivity contribution is 9.10. The summed E-state index contributed by atoms with van der Waals surface area (Å²) in [7, 11) is 0. The summed E-state index contributed by atoms with van der Waals surface area (Å²) in [6.45, 7) is 5.70. The van der Waals surface area contributed by atoms with Crippen molar-refractivity contribution in [1.29, 1.82) is 0 Å². The monoisotopic (exact) mass is 490 g/mol. The van der Waals surface area contributed by atoms with Crippen LogP contribution in [-0.2, 0) is 9.59 Å². The second-order valence-electron chi connectivity index (χ2n) is 6.87. The van der Waals surface area contributed by atoms with E-state index < -0.39 is 17.8 Å². The lowest BCUT2D eigenvalue weighted by molar-refractivity contribution is -0.122. The molecule has 156 valence electrons. The summed E-state index contributed by atoms with van der Waals surface area (Å²) in [5.74, 6) is -0.806. The van der Waals surface area contributed by atoms with Crippen LogP contribution in [-0.4, -0.2) is 23.9 Å². The number of ether oxygens (including phenoxy) is 1. The number of carbonyl (C=O) groups is 3. The SMILES string of the molecule is CC[C@H](C)Oc1ccc(/C=C2\C(=O)NC(=O)N(c3cccc(Cl)c3C)C2=O)cc1Br. The van der Waals surface area contributed by atoms with E-state index in [1.54, 1.807) is 43.3 Å². The van der Waals surface area contributed by atoms with Crippen molar-refractivity contribution in [2.45, 2.75) is 33.3 Å². The molecule has 1 heterocycles. The summed E-state index contributed by atoms with van der Waals surface area (Å²) < 4.78 is 6.51. The molecule has 1 fully saturated rings. The minimum Gasteiger partial charge on any atom is -0.490 e. The van der Waals surface area contributed by atoms with Crippen LogP contribution in [0.3, 0.4) is 0 Å². The number of benzene rings is 2. The number of hydrogen-bond acceptors (Lipinski definition) is 4. The molecule has 1 atom stereocenters. The maximum atomic E-state index is 13.0. The molecular weight excluding hydrogens is 472 g/mol. The van der Waals surface area contributed by atoms with Gasteiger partial charge in [-0.05, 0) is 77.7 Å². The maximum absolute atomic E-state index is 13.0. The predicted molar refractivity (Wildman–Crippen MR) is 120 cm³/mol. The number of nitrogens with one attached hydrogen (secondary N) is 1. The van der Waals surface area contributed by atoms with E-state index in [2.05, 4.69) is 21.2 Å². The van der Waals surface area contributed by atoms with Gasteiger partial charge in [-0.1, -0.05) is 30.7 Å². The molecule has 0 bridgehead atoms. The third-order valence-electron chi connectivity index (χ3n) is 4.75. The van der Waals surface area contributed by atoms with Crippen LogP contribution in [0.5, 0.6) is 5.75 Å². The molecule has 0 aliphatic carbocycles. The summed E-state index contributed by atoms with van der Waals surface area (Å²) >= 11 is 9.59. The molecule has 0 unspecified atom stereocenters. The van der Waals surface area contributed by atoms with Crippen molar-refractivity contribution < 1.29 is 19.1 Å². The van der Waals surface area contributed by atoms with Crippen LogP contribution in [0.4, 0.5) is 10.5 Å². The van der Waals surface area contributed by atoms with Gasteiger partial charge >= 0.3 is 6.03 Å². The van der Waals surface area contributed by atoms with E-state index in [1.807, 2.05) is 13.8 Å². The van der Waals surface area contributed by atoms with E-state index in [9.17, 15) is 14.4 Å². The smallest absolute Gasteiger partial charge is 0.335 e. The first-order valence-corrected chi connectivity index (χ1v) is 10.5. The van der Waals surface area contributed by atoms with Crippen LogP contribution in [0.1, 0.15) is 31.4 Å². The average molecular weight is 492 g/mol. The van der Waals surface area contributed by atoms with Gasteiger partial charge in [-0.3, -0.25) is 14.9 Å². The third-order valence-corrected chi connectivity index (χ3v) is 5.78. The molecule has 1 N–H and O–H groups in total. The van der Waals surface area contributed by atoms with Crippen molar-refractivity contribution in [3.05, 3.63) is 62.6 Å². The molecule has 0 radical (unpaired) electrons. The number of barbiturate groups is 1. The summed E-state index contributed by atoms with van der Waals surface area (Å²) in [6, 6.07) is 9.33. The fourth-order valence-electron chi connectivity index (χ4n) is 2.88. The fourth-order valence-corrected chi connectivity index (χ4v) is 3.54.